The van der Waals surface area contributed by atoms with E-state index in [0.717, 1.165) is 22.1 Å². The van der Waals surface area contributed by atoms with Crippen LogP contribution in [0.1, 0.15) is 22.9 Å². The van der Waals surface area contributed by atoms with E-state index < -0.39 is 0 Å². The Kier molecular flexibility index (Phi) is 2.96. The predicted molar refractivity (Wildman–Crippen MR) is 84.5 cm³/mol. The van der Waals surface area contributed by atoms with Gasteiger partial charge in [-0.2, -0.15) is 0 Å². The van der Waals surface area contributed by atoms with Gasteiger partial charge in [0.2, 0.25) is 0 Å². The zero-order valence-electron chi connectivity index (χ0n) is 13.3. The second kappa shape index (κ2) is 5.09. The molecule has 0 unspecified atom stereocenters. The molecule has 0 spiro atoms. The van der Waals surface area contributed by atoms with Crippen molar-refractivity contribution < 1.29 is 10.6 Å². The first-order valence-corrected chi connectivity index (χ1v) is 6.84. The van der Waals surface area contributed by atoms with Gasteiger partial charge >= 0.3 is 0 Å². The van der Waals surface area contributed by atoms with Gasteiger partial charge in [-0.15, -0.1) is 0 Å². The maximum Gasteiger partial charge on any atom is 0.255 e. The van der Waals surface area contributed by atoms with Crippen molar-refractivity contribution in [3.63, 3.8) is 0 Å². The Balaban J connectivity index is 2.33. The van der Waals surface area contributed by atoms with Gasteiger partial charge in [0.15, 0.2) is 0 Å². The topological polar surface area (TPSA) is 42.2 Å². The zero-order valence-corrected chi connectivity index (χ0v) is 12.3. The highest BCUT2D eigenvalue weighted by Gasteiger charge is 2.21. The normalized spacial score (nSPS) is 11.5. The minimum absolute atomic E-state index is 0.188. The molecule has 0 saturated carbocycles. The molecule has 0 aliphatic heterocycles. The van der Waals surface area contributed by atoms with Gasteiger partial charge in [0.25, 0.3) is 5.91 Å². The predicted octanol–water partition coefficient (Wildman–Crippen LogP) is 4.08. The average Bonchev–Trinajstić information content (AvgIpc) is 2.86. The van der Waals surface area contributed by atoms with Crippen molar-refractivity contribution in [3.05, 3.63) is 59.1 Å². The third-order valence-corrected chi connectivity index (χ3v) is 3.53. The number of furan rings is 1. The smallest absolute Gasteiger partial charge is 0.255 e. The third kappa shape index (κ3) is 2.31. The van der Waals surface area contributed by atoms with E-state index in [4.69, 9.17) is 5.79 Å². The first kappa shape index (κ1) is 12.2. The SMILES string of the molecule is [2H]c1cc2oc(-c3ccc(C)cc3)c(C(=O)NC)c2cc1C. The molecular formula is C18H17NO2. The molecule has 1 amide bonds. The number of nitrogens with one attached hydrogen (secondary N) is 1. The van der Waals surface area contributed by atoms with Gasteiger partial charge in [0.1, 0.15) is 11.3 Å². The number of carbonyl (C=O) groups is 1. The van der Waals surface area contributed by atoms with Crippen LogP contribution in [-0.2, 0) is 0 Å². The molecule has 0 saturated heterocycles. The van der Waals surface area contributed by atoms with E-state index in [1.165, 1.54) is 0 Å². The lowest BCUT2D eigenvalue weighted by Crippen LogP contribution is -2.18. The number of fused-ring (bicyclic) bond motifs is 1. The van der Waals surface area contributed by atoms with Crippen LogP contribution in [0.15, 0.2) is 46.9 Å². The second-order valence-corrected chi connectivity index (χ2v) is 5.15. The van der Waals surface area contributed by atoms with Gasteiger partial charge in [0.05, 0.1) is 6.93 Å². The van der Waals surface area contributed by atoms with E-state index in [0.29, 0.717) is 22.9 Å². The third-order valence-electron chi connectivity index (χ3n) is 3.53. The number of aryl methyl sites for hydroxylation is 2. The lowest BCUT2D eigenvalue weighted by atomic mass is 10.0. The fourth-order valence-corrected chi connectivity index (χ4v) is 2.41. The molecule has 1 aromatic heterocycles. The van der Waals surface area contributed by atoms with Crippen LogP contribution in [-0.4, -0.2) is 13.0 Å². The highest BCUT2D eigenvalue weighted by Crippen LogP contribution is 2.34. The van der Waals surface area contributed by atoms with Crippen LogP contribution in [0, 0.1) is 13.8 Å². The van der Waals surface area contributed by atoms with Gasteiger partial charge < -0.3 is 9.73 Å². The summed E-state index contributed by atoms with van der Waals surface area (Å²) in [5.41, 5.74) is 3.89. The number of benzene rings is 2. The van der Waals surface area contributed by atoms with Crippen molar-refractivity contribution >= 4 is 16.9 Å². The van der Waals surface area contributed by atoms with Crippen LogP contribution < -0.4 is 5.32 Å². The zero-order chi connectivity index (χ0) is 15.9. The van der Waals surface area contributed by atoms with E-state index >= 15 is 0 Å². The highest BCUT2D eigenvalue weighted by atomic mass is 16.3. The Morgan fingerprint density at radius 3 is 2.52 bits per heavy atom. The summed E-state index contributed by atoms with van der Waals surface area (Å²) in [7, 11) is 1.60. The molecule has 0 atom stereocenters. The summed E-state index contributed by atoms with van der Waals surface area (Å²) in [5, 5.41) is 3.41. The molecule has 0 aliphatic carbocycles. The van der Waals surface area contributed by atoms with Crippen molar-refractivity contribution in [2.45, 2.75) is 13.8 Å². The van der Waals surface area contributed by atoms with Crippen molar-refractivity contribution in [1.82, 2.24) is 5.32 Å². The summed E-state index contributed by atoms with van der Waals surface area (Å²) >= 11 is 0. The molecule has 3 aromatic rings. The number of carbonyl (C=O) groups excluding carboxylic acids is 1. The summed E-state index contributed by atoms with van der Waals surface area (Å²) in [5.74, 6) is 0.353. The quantitative estimate of drug-likeness (QED) is 0.768. The molecule has 0 aliphatic rings. The standard InChI is InChI=1S/C18H17NO2/c1-11-4-7-13(8-5-11)17-16(18(20)19-3)14-10-12(2)6-9-15(14)21-17/h4-10H,1-3H3,(H,19,20)/i6D. The Morgan fingerprint density at radius 1 is 1.14 bits per heavy atom. The summed E-state index contributed by atoms with van der Waals surface area (Å²) in [6, 6.07) is 11.7. The van der Waals surface area contributed by atoms with E-state index in [9.17, 15) is 4.79 Å². The molecule has 2 aromatic carbocycles. The molecule has 21 heavy (non-hydrogen) atoms. The molecular weight excluding hydrogens is 262 g/mol. The van der Waals surface area contributed by atoms with Crippen LogP contribution in [0.4, 0.5) is 0 Å². The fourth-order valence-electron chi connectivity index (χ4n) is 2.41. The van der Waals surface area contributed by atoms with Gasteiger partial charge in [-0.25, -0.2) is 0 Å². The Labute approximate surface area is 125 Å². The van der Waals surface area contributed by atoms with Gasteiger partial charge in [-0.05, 0) is 26.0 Å². The number of amides is 1. The molecule has 3 heteroatoms. The molecule has 1 N–H and O–H groups in total. The molecule has 3 nitrogen and oxygen atoms in total. The van der Waals surface area contributed by atoms with Crippen LogP contribution in [0.3, 0.4) is 0 Å². The number of hydrogen-bond donors (Lipinski definition) is 1. The lowest BCUT2D eigenvalue weighted by molar-refractivity contribution is 0.0964. The Morgan fingerprint density at radius 2 is 1.86 bits per heavy atom. The van der Waals surface area contributed by atoms with Gasteiger partial charge in [0, 0.05) is 18.0 Å². The van der Waals surface area contributed by atoms with Crippen molar-refractivity contribution in [2.24, 2.45) is 0 Å². The fraction of sp³-hybridized carbons (Fsp3) is 0.167. The number of rotatable bonds is 2. The van der Waals surface area contributed by atoms with Crippen LogP contribution in [0.25, 0.3) is 22.3 Å². The largest absolute Gasteiger partial charge is 0.455 e. The maximum atomic E-state index is 12.3. The molecule has 0 radical (unpaired) electrons. The molecule has 0 fully saturated rings. The second-order valence-electron chi connectivity index (χ2n) is 5.15. The number of hydrogen-bond acceptors (Lipinski definition) is 2. The van der Waals surface area contributed by atoms with Gasteiger partial charge in [-0.1, -0.05) is 41.4 Å². The van der Waals surface area contributed by atoms with Crippen LogP contribution >= 0.6 is 0 Å². The van der Waals surface area contributed by atoms with Crippen molar-refractivity contribution in [1.29, 1.82) is 0 Å². The summed E-state index contributed by atoms with van der Waals surface area (Å²) in [6.45, 7) is 3.87. The Bertz CT molecular complexity index is 863. The molecule has 106 valence electrons. The first-order chi connectivity index (χ1) is 10.5. The highest BCUT2D eigenvalue weighted by molar-refractivity contribution is 6.11. The summed E-state index contributed by atoms with van der Waals surface area (Å²) in [4.78, 5) is 12.3. The molecule has 1 heterocycles. The van der Waals surface area contributed by atoms with Gasteiger partial charge in [-0.3, -0.25) is 4.79 Å². The van der Waals surface area contributed by atoms with Crippen LogP contribution in [0.5, 0.6) is 0 Å². The molecule has 0 bridgehead atoms. The van der Waals surface area contributed by atoms with E-state index in [1.54, 1.807) is 13.1 Å². The monoisotopic (exact) mass is 280 g/mol. The van der Waals surface area contributed by atoms with E-state index in [-0.39, 0.29) is 5.91 Å². The minimum Gasteiger partial charge on any atom is -0.455 e. The van der Waals surface area contributed by atoms with E-state index in [1.807, 2.05) is 44.2 Å². The average molecular weight is 280 g/mol. The van der Waals surface area contributed by atoms with Crippen LogP contribution in [0.2, 0.25) is 0 Å². The Hall–Kier alpha value is -2.55. The molecule has 3 rings (SSSR count). The maximum absolute atomic E-state index is 12.3. The van der Waals surface area contributed by atoms with Crippen molar-refractivity contribution in [3.8, 4) is 11.3 Å². The summed E-state index contributed by atoms with van der Waals surface area (Å²) in [6.07, 6.45) is 0. The summed E-state index contributed by atoms with van der Waals surface area (Å²) < 4.78 is 13.8. The minimum atomic E-state index is -0.188. The lowest BCUT2D eigenvalue weighted by Gasteiger charge is -2.03. The first-order valence-electron chi connectivity index (χ1n) is 7.34. The van der Waals surface area contributed by atoms with Crippen molar-refractivity contribution in [2.75, 3.05) is 7.05 Å². The van der Waals surface area contributed by atoms with E-state index in [2.05, 4.69) is 5.32 Å².